The van der Waals surface area contributed by atoms with Gasteiger partial charge in [0, 0.05) is 32.5 Å². The highest BCUT2D eigenvalue weighted by molar-refractivity contribution is 5.99. The second-order valence-electron chi connectivity index (χ2n) is 5.12. The van der Waals surface area contributed by atoms with E-state index in [1.165, 1.54) is 0 Å². The molecule has 1 aromatic heterocycles. The molecule has 0 saturated carbocycles. The minimum Gasteiger partial charge on any atom is -0.383 e. The van der Waals surface area contributed by atoms with Gasteiger partial charge in [-0.2, -0.15) is 0 Å². The Bertz CT molecular complexity index is 431. The summed E-state index contributed by atoms with van der Waals surface area (Å²) in [6.07, 6.45) is 6.45. The van der Waals surface area contributed by atoms with Crippen molar-refractivity contribution in [3.05, 3.63) is 24.0 Å². The fourth-order valence-electron chi connectivity index (χ4n) is 2.29. The van der Waals surface area contributed by atoms with E-state index in [0.29, 0.717) is 18.0 Å². The number of aromatic nitrogens is 1. The van der Waals surface area contributed by atoms with Crippen LogP contribution in [0.25, 0.3) is 0 Å². The molecule has 1 aliphatic heterocycles. The van der Waals surface area contributed by atoms with Crippen LogP contribution in [0.1, 0.15) is 36.5 Å². The van der Waals surface area contributed by atoms with E-state index >= 15 is 0 Å². The van der Waals surface area contributed by atoms with Gasteiger partial charge in [-0.05, 0) is 31.2 Å². The molecule has 1 saturated heterocycles. The van der Waals surface area contributed by atoms with Crippen LogP contribution in [0, 0.1) is 5.92 Å². The van der Waals surface area contributed by atoms with Gasteiger partial charge >= 0.3 is 0 Å². The van der Waals surface area contributed by atoms with Gasteiger partial charge in [0.15, 0.2) is 0 Å². The average molecular weight is 277 g/mol. The summed E-state index contributed by atoms with van der Waals surface area (Å²) < 4.78 is 5.33. The van der Waals surface area contributed by atoms with Gasteiger partial charge < -0.3 is 15.4 Å². The van der Waals surface area contributed by atoms with E-state index in [0.717, 1.165) is 44.7 Å². The number of rotatable bonds is 7. The van der Waals surface area contributed by atoms with Crippen molar-refractivity contribution in [1.82, 2.24) is 10.3 Å². The van der Waals surface area contributed by atoms with Crippen molar-refractivity contribution in [2.24, 2.45) is 5.92 Å². The van der Waals surface area contributed by atoms with Gasteiger partial charge in [-0.25, -0.2) is 0 Å². The summed E-state index contributed by atoms with van der Waals surface area (Å²) in [5, 5.41) is 6.21. The van der Waals surface area contributed by atoms with E-state index in [9.17, 15) is 4.79 Å². The Morgan fingerprint density at radius 2 is 2.40 bits per heavy atom. The lowest BCUT2D eigenvalue weighted by Gasteiger charge is -2.12. The fourth-order valence-corrected chi connectivity index (χ4v) is 2.29. The Hall–Kier alpha value is -1.62. The summed E-state index contributed by atoms with van der Waals surface area (Å²) in [5.41, 5.74) is 1.46. The van der Waals surface area contributed by atoms with Crippen LogP contribution in [0.15, 0.2) is 18.5 Å². The fraction of sp³-hybridized carbons (Fsp3) is 0.600. The molecular formula is C15H23N3O2. The summed E-state index contributed by atoms with van der Waals surface area (Å²) in [5.74, 6) is 0.551. The lowest BCUT2D eigenvalue weighted by molar-refractivity contribution is 0.0951. The molecule has 1 fully saturated rings. The lowest BCUT2D eigenvalue weighted by Crippen LogP contribution is -2.27. The zero-order valence-corrected chi connectivity index (χ0v) is 12.0. The quantitative estimate of drug-likeness (QED) is 0.801. The monoisotopic (exact) mass is 277 g/mol. The maximum Gasteiger partial charge on any atom is 0.253 e. The number of nitrogens with one attached hydrogen (secondary N) is 2. The van der Waals surface area contributed by atoms with Crippen LogP contribution in [0.3, 0.4) is 0 Å². The summed E-state index contributed by atoms with van der Waals surface area (Å²) >= 11 is 0. The number of pyridine rings is 1. The molecule has 0 aliphatic carbocycles. The molecule has 0 spiro atoms. The van der Waals surface area contributed by atoms with Crippen molar-refractivity contribution in [1.29, 1.82) is 0 Å². The molecule has 1 unspecified atom stereocenters. The Kier molecular flexibility index (Phi) is 5.80. The van der Waals surface area contributed by atoms with Crippen LogP contribution in [-0.4, -0.2) is 37.2 Å². The van der Waals surface area contributed by atoms with Crippen LogP contribution >= 0.6 is 0 Å². The van der Waals surface area contributed by atoms with E-state index in [1.54, 1.807) is 18.5 Å². The first-order valence-electron chi connectivity index (χ1n) is 7.35. The Balaban J connectivity index is 1.84. The Labute approximate surface area is 120 Å². The molecule has 1 aromatic rings. The molecule has 0 radical (unpaired) electrons. The van der Waals surface area contributed by atoms with Crippen LogP contribution < -0.4 is 10.6 Å². The normalized spacial score (nSPS) is 17.9. The van der Waals surface area contributed by atoms with Gasteiger partial charge in [0.1, 0.15) is 0 Å². The third kappa shape index (κ3) is 4.20. The smallest absolute Gasteiger partial charge is 0.253 e. The molecule has 2 rings (SSSR count). The molecular weight excluding hydrogens is 254 g/mol. The maximum absolute atomic E-state index is 12.2. The highest BCUT2D eigenvalue weighted by atomic mass is 16.5. The molecule has 20 heavy (non-hydrogen) atoms. The third-order valence-electron chi connectivity index (χ3n) is 3.49. The number of ether oxygens (including phenoxy) is 1. The molecule has 1 aliphatic rings. The summed E-state index contributed by atoms with van der Waals surface area (Å²) in [7, 11) is 0. The predicted molar refractivity (Wildman–Crippen MR) is 78.9 cm³/mol. The van der Waals surface area contributed by atoms with E-state index in [1.807, 2.05) is 0 Å². The molecule has 0 bridgehead atoms. The molecule has 5 heteroatoms. The topological polar surface area (TPSA) is 63.2 Å². The minimum absolute atomic E-state index is 0.0371. The molecule has 2 heterocycles. The van der Waals surface area contributed by atoms with E-state index in [4.69, 9.17) is 4.74 Å². The summed E-state index contributed by atoms with van der Waals surface area (Å²) in [4.78, 5) is 16.3. The summed E-state index contributed by atoms with van der Waals surface area (Å²) in [6.45, 7) is 5.31. The number of hydrogen-bond acceptors (Lipinski definition) is 4. The highest BCUT2D eigenvalue weighted by Gasteiger charge is 2.16. The van der Waals surface area contributed by atoms with Crippen molar-refractivity contribution in [3.63, 3.8) is 0 Å². The second-order valence-corrected chi connectivity index (χ2v) is 5.12. The molecule has 110 valence electrons. The number of carbonyl (C=O) groups is 1. The van der Waals surface area contributed by atoms with Crippen LogP contribution in [-0.2, 0) is 4.74 Å². The number of amides is 1. The molecule has 1 atom stereocenters. The van der Waals surface area contributed by atoms with Crippen LogP contribution in [0.5, 0.6) is 0 Å². The van der Waals surface area contributed by atoms with Crippen molar-refractivity contribution in [2.75, 3.05) is 31.6 Å². The van der Waals surface area contributed by atoms with Gasteiger partial charge in [0.05, 0.1) is 17.4 Å². The molecule has 0 aromatic carbocycles. The van der Waals surface area contributed by atoms with Crippen molar-refractivity contribution in [2.45, 2.75) is 26.2 Å². The second kappa shape index (κ2) is 7.85. The van der Waals surface area contributed by atoms with E-state index in [-0.39, 0.29) is 5.91 Å². The number of carbonyl (C=O) groups excluding carboxylic acids is 1. The van der Waals surface area contributed by atoms with Crippen LogP contribution in [0.4, 0.5) is 5.69 Å². The lowest BCUT2D eigenvalue weighted by atomic mass is 10.1. The minimum atomic E-state index is -0.0371. The predicted octanol–water partition coefficient (Wildman–Crippen LogP) is 2.06. The Morgan fingerprint density at radius 1 is 1.50 bits per heavy atom. The molecule has 2 N–H and O–H groups in total. The van der Waals surface area contributed by atoms with Crippen molar-refractivity contribution < 1.29 is 9.53 Å². The Morgan fingerprint density at radius 3 is 3.15 bits per heavy atom. The van der Waals surface area contributed by atoms with Gasteiger partial charge in [0.25, 0.3) is 5.91 Å². The molecule has 1 amide bonds. The third-order valence-corrected chi connectivity index (χ3v) is 3.49. The highest BCUT2D eigenvalue weighted by Crippen LogP contribution is 2.16. The maximum atomic E-state index is 12.2. The average Bonchev–Trinajstić information content (AvgIpc) is 2.98. The van der Waals surface area contributed by atoms with Crippen molar-refractivity contribution >= 4 is 11.6 Å². The van der Waals surface area contributed by atoms with Gasteiger partial charge in [0.2, 0.25) is 0 Å². The zero-order chi connectivity index (χ0) is 14.2. The number of nitrogens with zero attached hydrogens (tertiary/aromatic N) is 1. The van der Waals surface area contributed by atoms with Crippen molar-refractivity contribution in [3.8, 4) is 0 Å². The first-order chi connectivity index (χ1) is 9.81. The first kappa shape index (κ1) is 14.8. The van der Waals surface area contributed by atoms with Gasteiger partial charge in [-0.15, -0.1) is 0 Å². The zero-order valence-electron chi connectivity index (χ0n) is 12.0. The number of hydrogen-bond donors (Lipinski definition) is 2. The SMILES string of the molecule is CCCNc1cnccc1C(=O)NCCC1CCOC1. The van der Waals surface area contributed by atoms with Gasteiger partial charge in [-0.3, -0.25) is 9.78 Å². The molecule has 5 nitrogen and oxygen atoms in total. The largest absolute Gasteiger partial charge is 0.383 e. The van der Waals surface area contributed by atoms with Gasteiger partial charge in [-0.1, -0.05) is 6.92 Å². The van der Waals surface area contributed by atoms with Crippen LogP contribution in [0.2, 0.25) is 0 Å². The number of anilines is 1. The van der Waals surface area contributed by atoms with E-state index < -0.39 is 0 Å². The summed E-state index contributed by atoms with van der Waals surface area (Å²) in [6, 6.07) is 1.76. The first-order valence-corrected chi connectivity index (χ1v) is 7.35. The standard InChI is InChI=1S/C15H23N3O2/c1-2-6-17-14-10-16-7-4-13(14)15(19)18-8-3-12-5-9-20-11-12/h4,7,10,12,17H,2-3,5-6,8-9,11H2,1H3,(H,18,19). The van der Waals surface area contributed by atoms with E-state index in [2.05, 4.69) is 22.5 Å².